The van der Waals surface area contributed by atoms with Crippen LogP contribution >= 0.6 is 0 Å². The van der Waals surface area contributed by atoms with Gasteiger partial charge in [0.1, 0.15) is 0 Å². The minimum atomic E-state index is -0.536. The van der Waals surface area contributed by atoms with Gasteiger partial charge in [-0.25, -0.2) is 0 Å². The summed E-state index contributed by atoms with van der Waals surface area (Å²) >= 11 is 0. The van der Waals surface area contributed by atoms with Crippen molar-refractivity contribution in [2.45, 2.75) is 26.3 Å². The van der Waals surface area contributed by atoms with E-state index in [9.17, 15) is 19.7 Å². The Labute approximate surface area is 103 Å². The van der Waals surface area contributed by atoms with Crippen LogP contribution in [0.25, 0.3) is 0 Å². The van der Waals surface area contributed by atoms with E-state index >= 15 is 0 Å². The molecule has 1 heterocycles. The molecule has 0 amide bonds. The molecule has 0 radical (unpaired) electrons. The average molecular weight is 254 g/mol. The van der Waals surface area contributed by atoms with Crippen molar-refractivity contribution in [3.05, 3.63) is 38.3 Å². The van der Waals surface area contributed by atoms with E-state index in [1.807, 2.05) is 0 Å². The third kappa shape index (κ3) is 3.16. The molecule has 0 aromatic carbocycles. The lowest BCUT2D eigenvalue weighted by molar-refractivity contribution is -0.386. The Morgan fingerprint density at radius 1 is 1.50 bits per heavy atom. The van der Waals surface area contributed by atoms with Crippen LogP contribution in [0.15, 0.2) is 16.9 Å². The summed E-state index contributed by atoms with van der Waals surface area (Å²) in [7, 11) is 1.28. The van der Waals surface area contributed by atoms with Crippen LogP contribution in [-0.2, 0) is 16.1 Å². The van der Waals surface area contributed by atoms with E-state index in [-0.39, 0.29) is 35.9 Å². The molecule has 0 saturated heterocycles. The normalized spacial score (nSPS) is 10.1. The van der Waals surface area contributed by atoms with Crippen molar-refractivity contribution >= 4 is 11.7 Å². The number of aromatic nitrogens is 1. The second-order valence-electron chi connectivity index (χ2n) is 3.73. The predicted octanol–water partition coefficient (Wildman–Crippen LogP) is 1.02. The molecule has 0 aliphatic rings. The lowest BCUT2D eigenvalue weighted by Gasteiger charge is -2.09. The molecule has 7 heteroatoms. The molecule has 7 nitrogen and oxygen atoms in total. The molecule has 18 heavy (non-hydrogen) atoms. The highest BCUT2D eigenvalue weighted by atomic mass is 16.6. The molecule has 0 fully saturated rings. The zero-order chi connectivity index (χ0) is 13.7. The van der Waals surface area contributed by atoms with Gasteiger partial charge >= 0.3 is 5.97 Å². The van der Waals surface area contributed by atoms with Gasteiger partial charge in [0.25, 0.3) is 11.2 Å². The largest absolute Gasteiger partial charge is 0.469 e. The van der Waals surface area contributed by atoms with Crippen LogP contribution < -0.4 is 5.56 Å². The minimum absolute atomic E-state index is 0.104. The number of hydrogen-bond acceptors (Lipinski definition) is 5. The number of pyridine rings is 1. The number of rotatable bonds is 5. The highest BCUT2D eigenvalue weighted by molar-refractivity contribution is 5.68. The monoisotopic (exact) mass is 254 g/mol. The van der Waals surface area contributed by atoms with E-state index in [4.69, 9.17) is 0 Å². The van der Waals surface area contributed by atoms with Crippen molar-refractivity contribution in [2.24, 2.45) is 0 Å². The number of nitrogens with zero attached hydrogens (tertiary/aromatic N) is 2. The topological polar surface area (TPSA) is 91.4 Å². The standard InChI is InChI=1S/C11H14N2O5/c1-8-9(13(16)17)5-6-10(14)12(8)7-3-4-11(15)18-2/h5-6H,3-4,7H2,1-2H3. The molecule has 0 bridgehead atoms. The van der Waals surface area contributed by atoms with E-state index in [1.165, 1.54) is 24.7 Å². The number of carbonyl (C=O) groups excluding carboxylic acids is 1. The van der Waals surface area contributed by atoms with Crippen LogP contribution in [-0.4, -0.2) is 22.6 Å². The van der Waals surface area contributed by atoms with E-state index in [0.29, 0.717) is 6.42 Å². The molecular formula is C11H14N2O5. The van der Waals surface area contributed by atoms with Crippen molar-refractivity contribution in [2.75, 3.05) is 7.11 Å². The van der Waals surface area contributed by atoms with Gasteiger partial charge in [0.05, 0.1) is 17.7 Å². The first-order chi connectivity index (χ1) is 8.47. The number of ether oxygens (including phenoxy) is 1. The van der Waals surface area contributed by atoms with E-state index in [1.54, 1.807) is 0 Å². The molecule has 1 aromatic heterocycles. The van der Waals surface area contributed by atoms with Gasteiger partial charge in [-0.1, -0.05) is 0 Å². The van der Waals surface area contributed by atoms with Crippen molar-refractivity contribution in [1.29, 1.82) is 0 Å². The fourth-order valence-electron chi connectivity index (χ4n) is 1.62. The highest BCUT2D eigenvalue weighted by Crippen LogP contribution is 2.14. The van der Waals surface area contributed by atoms with Crippen LogP contribution in [0, 0.1) is 17.0 Å². The number of esters is 1. The van der Waals surface area contributed by atoms with Crippen molar-refractivity contribution in [3.8, 4) is 0 Å². The number of nitro groups is 1. The fourth-order valence-corrected chi connectivity index (χ4v) is 1.62. The van der Waals surface area contributed by atoms with E-state index < -0.39 is 4.92 Å². The summed E-state index contributed by atoms with van der Waals surface area (Å²) in [5.41, 5.74) is -0.131. The molecule has 98 valence electrons. The summed E-state index contributed by atoms with van der Waals surface area (Å²) in [5, 5.41) is 10.7. The number of methoxy groups -OCH3 is 1. The molecule has 0 spiro atoms. The van der Waals surface area contributed by atoms with Gasteiger partial charge in [0.15, 0.2) is 0 Å². The number of carbonyl (C=O) groups is 1. The molecule has 1 aromatic rings. The first-order valence-electron chi connectivity index (χ1n) is 5.39. The van der Waals surface area contributed by atoms with Crippen LogP contribution in [0.2, 0.25) is 0 Å². The maximum atomic E-state index is 11.6. The third-order valence-corrected chi connectivity index (χ3v) is 2.61. The first kappa shape index (κ1) is 13.9. The second kappa shape index (κ2) is 5.95. The van der Waals surface area contributed by atoms with Crippen LogP contribution in [0.3, 0.4) is 0 Å². The third-order valence-electron chi connectivity index (χ3n) is 2.61. The maximum absolute atomic E-state index is 11.6. The first-order valence-corrected chi connectivity index (χ1v) is 5.39. The van der Waals surface area contributed by atoms with Gasteiger partial charge in [0.2, 0.25) is 0 Å². The molecule has 1 rings (SSSR count). The Bertz CT molecular complexity index is 521. The quantitative estimate of drug-likeness (QED) is 0.444. The summed E-state index contributed by atoms with van der Waals surface area (Å²) < 4.78 is 5.77. The lowest BCUT2D eigenvalue weighted by atomic mass is 10.2. The van der Waals surface area contributed by atoms with E-state index in [0.717, 1.165) is 6.07 Å². The smallest absolute Gasteiger partial charge is 0.305 e. The summed E-state index contributed by atoms with van der Waals surface area (Å²) in [4.78, 5) is 32.7. The highest BCUT2D eigenvalue weighted by Gasteiger charge is 2.14. The summed E-state index contributed by atoms with van der Waals surface area (Å²) in [5.74, 6) is -0.369. The van der Waals surface area contributed by atoms with Crippen LogP contribution in [0.1, 0.15) is 18.5 Å². The van der Waals surface area contributed by atoms with Crippen LogP contribution in [0.5, 0.6) is 0 Å². The Kier molecular flexibility index (Phi) is 4.59. The van der Waals surface area contributed by atoms with Gasteiger partial charge in [-0.15, -0.1) is 0 Å². The second-order valence-corrected chi connectivity index (χ2v) is 3.73. The Morgan fingerprint density at radius 2 is 2.17 bits per heavy atom. The molecule has 0 aliphatic carbocycles. The summed E-state index contributed by atoms with van der Waals surface area (Å²) in [6.45, 7) is 1.76. The van der Waals surface area contributed by atoms with Gasteiger partial charge in [-0.3, -0.25) is 19.7 Å². The Morgan fingerprint density at radius 3 is 2.72 bits per heavy atom. The zero-order valence-electron chi connectivity index (χ0n) is 10.2. The fraction of sp³-hybridized carbons (Fsp3) is 0.455. The Hall–Kier alpha value is -2.18. The molecule has 0 saturated carbocycles. The number of hydrogen-bond donors (Lipinski definition) is 0. The lowest BCUT2D eigenvalue weighted by Crippen LogP contribution is -2.22. The molecular weight excluding hydrogens is 240 g/mol. The zero-order valence-corrected chi connectivity index (χ0v) is 10.2. The molecule has 0 unspecified atom stereocenters. The predicted molar refractivity (Wildman–Crippen MR) is 63.3 cm³/mol. The Balaban J connectivity index is 2.88. The summed E-state index contributed by atoms with van der Waals surface area (Å²) in [6, 6.07) is 2.34. The summed E-state index contributed by atoms with van der Waals surface area (Å²) in [6.07, 6.45) is 0.569. The van der Waals surface area contributed by atoms with Gasteiger partial charge in [-0.2, -0.15) is 0 Å². The molecule has 0 N–H and O–H groups in total. The van der Waals surface area contributed by atoms with Crippen molar-refractivity contribution in [1.82, 2.24) is 4.57 Å². The molecule has 0 atom stereocenters. The minimum Gasteiger partial charge on any atom is -0.469 e. The van der Waals surface area contributed by atoms with Crippen molar-refractivity contribution in [3.63, 3.8) is 0 Å². The van der Waals surface area contributed by atoms with Crippen LogP contribution in [0.4, 0.5) is 5.69 Å². The van der Waals surface area contributed by atoms with Gasteiger partial charge < -0.3 is 9.30 Å². The average Bonchev–Trinajstić information content (AvgIpc) is 2.32. The van der Waals surface area contributed by atoms with Gasteiger partial charge in [-0.05, 0) is 13.3 Å². The molecule has 0 aliphatic heterocycles. The van der Waals surface area contributed by atoms with Crippen molar-refractivity contribution < 1.29 is 14.5 Å². The van der Waals surface area contributed by atoms with E-state index in [2.05, 4.69) is 4.74 Å². The SMILES string of the molecule is COC(=O)CCCn1c(C)c([N+](=O)[O-])ccc1=O. The van der Waals surface area contributed by atoms with Gasteiger partial charge in [0, 0.05) is 25.1 Å². The maximum Gasteiger partial charge on any atom is 0.305 e.